The predicted molar refractivity (Wildman–Crippen MR) is 129 cm³/mol. The Hall–Kier alpha value is -1.88. The van der Waals surface area contributed by atoms with E-state index in [0.717, 1.165) is 64.2 Å². The van der Waals surface area contributed by atoms with Gasteiger partial charge in [0.2, 0.25) is 0 Å². The van der Waals surface area contributed by atoms with Crippen molar-refractivity contribution in [3.8, 4) is 0 Å². The SMILES string of the molecule is CCCC(CCCC(CCCCCCCCCC(=O)O)OCc1ccccc1)OC(C)=O. The molecule has 2 atom stereocenters. The van der Waals surface area contributed by atoms with Crippen LogP contribution in [-0.2, 0) is 25.7 Å². The molecule has 0 aliphatic rings. The van der Waals surface area contributed by atoms with E-state index in [1.165, 1.54) is 31.7 Å². The molecule has 0 fully saturated rings. The summed E-state index contributed by atoms with van der Waals surface area (Å²) in [5.41, 5.74) is 1.20. The van der Waals surface area contributed by atoms with Crippen molar-refractivity contribution in [1.29, 1.82) is 0 Å². The van der Waals surface area contributed by atoms with E-state index in [1.54, 1.807) is 0 Å². The lowest BCUT2D eigenvalue weighted by Crippen LogP contribution is -2.18. The van der Waals surface area contributed by atoms with Crippen molar-refractivity contribution in [3.63, 3.8) is 0 Å². The average Bonchev–Trinajstić information content (AvgIpc) is 2.76. The first kappa shape index (κ1) is 28.2. The maximum atomic E-state index is 11.3. The smallest absolute Gasteiger partial charge is 0.303 e. The van der Waals surface area contributed by atoms with Crippen LogP contribution in [0.25, 0.3) is 0 Å². The van der Waals surface area contributed by atoms with Crippen molar-refractivity contribution in [2.24, 2.45) is 0 Å². The van der Waals surface area contributed by atoms with Crippen molar-refractivity contribution in [3.05, 3.63) is 35.9 Å². The fourth-order valence-electron chi connectivity index (χ4n) is 4.02. The zero-order chi connectivity index (χ0) is 23.4. The van der Waals surface area contributed by atoms with E-state index in [0.29, 0.717) is 6.61 Å². The second-order valence-corrected chi connectivity index (χ2v) is 8.78. The molecular formula is C27H44O5. The standard InChI is InChI=1S/C27H44O5/c1-3-15-26(32-23(2)28)20-14-19-25(31-22-24-16-10-9-11-17-24)18-12-7-5-4-6-8-13-21-27(29)30/h9-11,16-17,25-26H,3-8,12-15,18-22H2,1-2H3,(H,29,30). The number of rotatable bonds is 20. The number of hydrogen-bond acceptors (Lipinski definition) is 4. The average molecular weight is 449 g/mol. The van der Waals surface area contributed by atoms with Gasteiger partial charge < -0.3 is 14.6 Å². The van der Waals surface area contributed by atoms with E-state index >= 15 is 0 Å². The minimum atomic E-state index is -0.694. The molecule has 0 aromatic heterocycles. The molecule has 5 nitrogen and oxygen atoms in total. The predicted octanol–water partition coefficient (Wildman–Crippen LogP) is 7.07. The summed E-state index contributed by atoms with van der Waals surface area (Å²) in [6.45, 7) is 4.24. The number of carbonyl (C=O) groups is 2. The second-order valence-electron chi connectivity index (χ2n) is 8.78. The molecule has 0 heterocycles. The van der Waals surface area contributed by atoms with E-state index in [1.807, 2.05) is 18.2 Å². The Morgan fingerprint density at radius 1 is 0.812 bits per heavy atom. The van der Waals surface area contributed by atoms with Gasteiger partial charge in [-0.1, -0.05) is 82.2 Å². The highest BCUT2D eigenvalue weighted by Gasteiger charge is 2.14. The molecule has 1 N–H and O–H groups in total. The van der Waals surface area contributed by atoms with Crippen LogP contribution in [0, 0.1) is 0 Å². The Balaban J connectivity index is 2.33. The molecule has 0 amide bonds. The molecule has 0 radical (unpaired) electrons. The lowest BCUT2D eigenvalue weighted by molar-refractivity contribution is -0.147. The molecule has 0 aliphatic carbocycles. The maximum absolute atomic E-state index is 11.3. The first-order chi connectivity index (χ1) is 15.5. The van der Waals surface area contributed by atoms with Crippen LogP contribution in [-0.4, -0.2) is 29.3 Å². The van der Waals surface area contributed by atoms with Crippen LogP contribution in [0.5, 0.6) is 0 Å². The van der Waals surface area contributed by atoms with Crippen LogP contribution in [0.15, 0.2) is 30.3 Å². The summed E-state index contributed by atoms with van der Waals surface area (Å²) < 4.78 is 11.7. The summed E-state index contributed by atoms with van der Waals surface area (Å²) in [7, 11) is 0. The van der Waals surface area contributed by atoms with Crippen LogP contribution in [0.1, 0.15) is 109 Å². The summed E-state index contributed by atoms with van der Waals surface area (Å²) in [6.07, 6.45) is 14.0. The molecule has 32 heavy (non-hydrogen) atoms. The number of esters is 1. The summed E-state index contributed by atoms with van der Waals surface area (Å²) in [6, 6.07) is 10.3. The zero-order valence-corrected chi connectivity index (χ0v) is 20.2. The van der Waals surface area contributed by atoms with Gasteiger partial charge in [-0.05, 0) is 44.1 Å². The Morgan fingerprint density at radius 2 is 1.41 bits per heavy atom. The van der Waals surface area contributed by atoms with Crippen molar-refractivity contribution >= 4 is 11.9 Å². The number of benzene rings is 1. The molecule has 5 heteroatoms. The van der Waals surface area contributed by atoms with E-state index < -0.39 is 5.97 Å². The Morgan fingerprint density at radius 3 is 2.03 bits per heavy atom. The monoisotopic (exact) mass is 448 g/mol. The van der Waals surface area contributed by atoms with Crippen molar-refractivity contribution in [2.75, 3.05) is 0 Å². The maximum Gasteiger partial charge on any atom is 0.303 e. The molecule has 0 aliphatic heterocycles. The third-order valence-electron chi connectivity index (χ3n) is 5.74. The van der Waals surface area contributed by atoms with Gasteiger partial charge in [-0.15, -0.1) is 0 Å². The quantitative estimate of drug-likeness (QED) is 0.171. The molecule has 0 bridgehead atoms. The van der Waals surface area contributed by atoms with E-state index in [9.17, 15) is 9.59 Å². The third-order valence-corrected chi connectivity index (χ3v) is 5.74. The van der Waals surface area contributed by atoms with Crippen LogP contribution in [0.2, 0.25) is 0 Å². The van der Waals surface area contributed by atoms with Crippen LogP contribution >= 0.6 is 0 Å². The summed E-state index contributed by atoms with van der Waals surface area (Å²) in [5, 5.41) is 8.68. The van der Waals surface area contributed by atoms with Crippen molar-refractivity contribution < 1.29 is 24.2 Å². The number of ether oxygens (including phenoxy) is 2. The highest BCUT2D eigenvalue weighted by Crippen LogP contribution is 2.19. The van der Waals surface area contributed by atoms with E-state index in [4.69, 9.17) is 14.6 Å². The molecule has 1 aromatic rings. The highest BCUT2D eigenvalue weighted by molar-refractivity contribution is 5.66. The number of hydrogen-bond donors (Lipinski definition) is 1. The molecule has 0 spiro atoms. The minimum Gasteiger partial charge on any atom is -0.481 e. The number of carboxylic acid groups (broad SMARTS) is 1. The van der Waals surface area contributed by atoms with Crippen molar-refractivity contribution in [1.82, 2.24) is 0 Å². The van der Waals surface area contributed by atoms with Crippen LogP contribution in [0.4, 0.5) is 0 Å². The Labute approximate surface area is 194 Å². The number of aliphatic carboxylic acids is 1. The highest BCUT2D eigenvalue weighted by atomic mass is 16.5. The Kier molecular flexibility index (Phi) is 16.4. The first-order valence-corrected chi connectivity index (χ1v) is 12.6. The van der Waals surface area contributed by atoms with Gasteiger partial charge in [0.25, 0.3) is 0 Å². The first-order valence-electron chi connectivity index (χ1n) is 12.6. The molecule has 182 valence electrons. The molecule has 0 saturated heterocycles. The lowest BCUT2D eigenvalue weighted by atomic mass is 10.0. The Bertz CT molecular complexity index is 601. The van der Waals surface area contributed by atoms with Gasteiger partial charge in [0.05, 0.1) is 12.7 Å². The normalized spacial score (nSPS) is 12.9. The number of carbonyl (C=O) groups excluding carboxylic acids is 1. The van der Waals surface area contributed by atoms with Gasteiger partial charge in [-0.2, -0.15) is 0 Å². The fourth-order valence-corrected chi connectivity index (χ4v) is 4.02. The second kappa shape index (κ2) is 18.7. The van der Waals surface area contributed by atoms with Crippen molar-refractivity contribution in [2.45, 2.75) is 123 Å². The lowest BCUT2D eigenvalue weighted by Gasteiger charge is -2.20. The van der Waals surface area contributed by atoms with Gasteiger partial charge in [-0.3, -0.25) is 9.59 Å². The van der Waals surface area contributed by atoms with Gasteiger partial charge in [0.1, 0.15) is 6.10 Å². The molecule has 1 rings (SSSR count). The third kappa shape index (κ3) is 15.9. The summed E-state index contributed by atoms with van der Waals surface area (Å²) in [5.74, 6) is -0.885. The minimum absolute atomic E-state index is 0.0217. The number of carboxylic acids is 1. The zero-order valence-electron chi connectivity index (χ0n) is 20.2. The molecule has 0 saturated carbocycles. The van der Waals surface area contributed by atoms with E-state index in [-0.39, 0.29) is 24.6 Å². The van der Waals surface area contributed by atoms with Crippen LogP contribution in [0.3, 0.4) is 0 Å². The van der Waals surface area contributed by atoms with E-state index in [2.05, 4.69) is 19.1 Å². The van der Waals surface area contributed by atoms with Crippen LogP contribution < -0.4 is 0 Å². The summed E-state index contributed by atoms with van der Waals surface area (Å²) >= 11 is 0. The largest absolute Gasteiger partial charge is 0.481 e. The topological polar surface area (TPSA) is 72.8 Å². The number of unbranched alkanes of at least 4 members (excludes halogenated alkanes) is 6. The summed E-state index contributed by atoms with van der Waals surface area (Å²) in [4.78, 5) is 21.9. The van der Waals surface area contributed by atoms with Gasteiger partial charge in [0.15, 0.2) is 0 Å². The van der Waals surface area contributed by atoms with Gasteiger partial charge in [-0.25, -0.2) is 0 Å². The molecule has 1 aromatic carbocycles. The molecule has 2 unspecified atom stereocenters. The fraction of sp³-hybridized carbons (Fsp3) is 0.704. The van der Waals surface area contributed by atoms with Gasteiger partial charge >= 0.3 is 11.9 Å². The molecular weight excluding hydrogens is 404 g/mol. The van der Waals surface area contributed by atoms with Gasteiger partial charge in [0, 0.05) is 13.3 Å².